The Morgan fingerprint density at radius 2 is 2.19 bits per heavy atom. The summed E-state index contributed by atoms with van der Waals surface area (Å²) < 4.78 is 6.36. The zero-order valence-corrected chi connectivity index (χ0v) is 11.6. The third-order valence-electron chi connectivity index (χ3n) is 2.53. The molecule has 16 heavy (non-hydrogen) atoms. The smallest absolute Gasteiger partial charge is 0.201 e. The molecule has 0 aliphatic rings. The summed E-state index contributed by atoms with van der Waals surface area (Å²) in [7, 11) is 0. The molecule has 0 saturated heterocycles. The van der Waals surface area contributed by atoms with Gasteiger partial charge in [0.25, 0.3) is 0 Å². The highest BCUT2D eigenvalue weighted by molar-refractivity contribution is 7.18. The van der Waals surface area contributed by atoms with E-state index in [1.807, 2.05) is 20.8 Å². The number of carbonyl (C=O) groups is 1. The van der Waals surface area contributed by atoms with Crippen molar-refractivity contribution in [3.63, 3.8) is 0 Å². The Labute approximate surface area is 106 Å². The molecule has 0 bridgehead atoms. The Morgan fingerprint density at radius 1 is 1.56 bits per heavy atom. The Morgan fingerprint density at radius 3 is 2.62 bits per heavy atom. The molecular weight excluding hydrogens is 244 g/mol. The second-order valence-electron chi connectivity index (χ2n) is 4.34. The maximum absolute atomic E-state index is 12.0. The normalized spacial score (nSPS) is 13.8. The predicted molar refractivity (Wildman–Crippen MR) is 68.6 cm³/mol. The second kappa shape index (κ2) is 5.30. The fourth-order valence-corrected chi connectivity index (χ4v) is 2.32. The number of rotatable bonds is 5. The lowest BCUT2D eigenvalue weighted by Gasteiger charge is -2.27. The standard InChI is InChI=1S/C12H17ClO2S/c1-5-12(3,4)15-8(2)11(14)9-6-7-10(13)16-9/h6-8H,5H2,1-4H3. The van der Waals surface area contributed by atoms with E-state index in [2.05, 4.69) is 0 Å². The van der Waals surface area contributed by atoms with Gasteiger partial charge in [-0.15, -0.1) is 11.3 Å². The van der Waals surface area contributed by atoms with Gasteiger partial charge in [0, 0.05) is 0 Å². The number of hydrogen-bond donors (Lipinski definition) is 0. The van der Waals surface area contributed by atoms with Crippen LogP contribution in [0.2, 0.25) is 4.34 Å². The monoisotopic (exact) mass is 260 g/mol. The van der Waals surface area contributed by atoms with Crippen molar-refractivity contribution < 1.29 is 9.53 Å². The molecule has 0 aliphatic carbocycles. The molecule has 1 heterocycles. The van der Waals surface area contributed by atoms with Gasteiger partial charge in [-0.05, 0) is 39.3 Å². The zero-order chi connectivity index (χ0) is 12.3. The first kappa shape index (κ1) is 13.7. The second-order valence-corrected chi connectivity index (χ2v) is 6.06. The number of halogens is 1. The van der Waals surface area contributed by atoms with Gasteiger partial charge in [0.1, 0.15) is 6.10 Å². The van der Waals surface area contributed by atoms with Crippen LogP contribution in [0.15, 0.2) is 12.1 Å². The molecule has 4 heteroatoms. The molecule has 1 aromatic heterocycles. The van der Waals surface area contributed by atoms with Crippen LogP contribution in [0, 0.1) is 0 Å². The summed E-state index contributed by atoms with van der Waals surface area (Å²) in [4.78, 5) is 12.6. The SMILES string of the molecule is CCC(C)(C)OC(C)C(=O)c1ccc(Cl)s1. The van der Waals surface area contributed by atoms with Crippen molar-refractivity contribution in [2.45, 2.75) is 45.8 Å². The molecule has 1 aromatic rings. The summed E-state index contributed by atoms with van der Waals surface area (Å²) in [6, 6.07) is 3.48. The molecule has 1 atom stereocenters. The highest BCUT2D eigenvalue weighted by Crippen LogP contribution is 2.25. The van der Waals surface area contributed by atoms with Crippen molar-refractivity contribution in [3.05, 3.63) is 21.3 Å². The number of carbonyl (C=O) groups excluding carboxylic acids is 1. The summed E-state index contributed by atoms with van der Waals surface area (Å²) in [6.45, 7) is 7.79. The van der Waals surface area contributed by atoms with E-state index >= 15 is 0 Å². The molecule has 0 fully saturated rings. The first-order valence-corrected chi connectivity index (χ1v) is 6.52. The molecule has 0 radical (unpaired) electrons. The van der Waals surface area contributed by atoms with Gasteiger partial charge in [0.15, 0.2) is 0 Å². The lowest BCUT2D eigenvalue weighted by molar-refractivity contribution is -0.0516. The first-order valence-electron chi connectivity index (χ1n) is 5.33. The fraction of sp³-hybridized carbons (Fsp3) is 0.583. The minimum Gasteiger partial charge on any atom is -0.364 e. The maximum Gasteiger partial charge on any atom is 0.201 e. The molecule has 0 aliphatic heterocycles. The van der Waals surface area contributed by atoms with Gasteiger partial charge in [0.05, 0.1) is 14.8 Å². The van der Waals surface area contributed by atoms with Gasteiger partial charge < -0.3 is 4.74 Å². The van der Waals surface area contributed by atoms with Crippen LogP contribution < -0.4 is 0 Å². The van der Waals surface area contributed by atoms with Crippen LogP contribution in [-0.4, -0.2) is 17.5 Å². The summed E-state index contributed by atoms with van der Waals surface area (Å²) in [5.74, 6) is -0.00146. The molecule has 2 nitrogen and oxygen atoms in total. The van der Waals surface area contributed by atoms with Gasteiger partial charge in [-0.3, -0.25) is 4.79 Å². The number of hydrogen-bond acceptors (Lipinski definition) is 3. The number of Topliss-reactive ketones (excluding diaryl/α,β-unsaturated/α-hetero) is 1. The molecule has 1 rings (SSSR count). The van der Waals surface area contributed by atoms with Crippen molar-refractivity contribution in [1.82, 2.24) is 0 Å². The van der Waals surface area contributed by atoms with E-state index < -0.39 is 6.10 Å². The molecule has 0 saturated carbocycles. The van der Waals surface area contributed by atoms with Crippen molar-refractivity contribution >= 4 is 28.7 Å². The molecule has 1 unspecified atom stereocenters. The van der Waals surface area contributed by atoms with Crippen LogP contribution in [0.4, 0.5) is 0 Å². The van der Waals surface area contributed by atoms with E-state index in [9.17, 15) is 4.79 Å². The third kappa shape index (κ3) is 3.58. The van der Waals surface area contributed by atoms with Crippen molar-refractivity contribution in [1.29, 1.82) is 0 Å². The molecule has 0 amide bonds. The Kier molecular flexibility index (Phi) is 4.53. The van der Waals surface area contributed by atoms with Crippen LogP contribution in [0.25, 0.3) is 0 Å². The average molecular weight is 261 g/mol. The maximum atomic E-state index is 12.0. The number of thiophene rings is 1. The van der Waals surface area contributed by atoms with Crippen molar-refractivity contribution in [3.8, 4) is 0 Å². The Balaban J connectivity index is 2.68. The fourth-order valence-electron chi connectivity index (χ4n) is 1.26. The summed E-state index contributed by atoms with van der Waals surface area (Å²) in [5.41, 5.74) is -0.268. The summed E-state index contributed by atoms with van der Waals surface area (Å²) in [6.07, 6.45) is 0.445. The quantitative estimate of drug-likeness (QED) is 0.743. The Bertz CT molecular complexity index is 371. The number of ketones is 1. The van der Waals surface area contributed by atoms with Crippen LogP contribution in [0.1, 0.15) is 43.8 Å². The first-order chi connectivity index (χ1) is 7.35. The van der Waals surface area contributed by atoms with Crippen LogP contribution in [-0.2, 0) is 4.74 Å². The van der Waals surface area contributed by atoms with E-state index in [4.69, 9.17) is 16.3 Å². The van der Waals surface area contributed by atoms with Gasteiger partial charge >= 0.3 is 0 Å². The van der Waals surface area contributed by atoms with E-state index in [0.29, 0.717) is 9.21 Å². The highest BCUT2D eigenvalue weighted by Gasteiger charge is 2.25. The van der Waals surface area contributed by atoms with Gasteiger partial charge in [-0.1, -0.05) is 18.5 Å². The van der Waals surface area contributed by atoms with Gasteiger partial charge in [0.2, 0.25) is 5.78 Å². The largest absolute Gasteiger partial charge is 0.364 e. The van der Waals surface area contributed by atoms with Crippen molar-refractivity contribution in [2.24, 2.45) is 0 Å². The van der Waals surface area contributed by atoms with Gasteiger partial charge in [-0.2, -0.15) is 0 Å². The Hall–Kier alpha value is -0.380. The highest BCUT2D eigenvalue weighted by atomic mass is 35.5. The zero-order valence-electron chi connectivity index (χ0n) is 10.0. The predicted octanol–water partition coefficient (Wildman–Crippen LogP) is 4.18. The molecule has 0 spiro atoms. The molecule has 0 N–H and O–H groups in total. The van der Waals surface area contributed by atoms with Crippen molar-refractivity contribution in [2.75, 3.05) is 0 Å². The van der Waals surface area contributed by atoms with Gasteiger partial charge in [-0.25, -0.2) is 0 Å². The lowest BCUT2D eigenvalue weighted by Crippen LogP contribution is -2.32. The molecule has 90 valence electrons. The van der Waals surface area contributed by atoms with E-state index in [-0.39, 0.29) is 11.4 Å². The molecule has 0 aromatic carbocycles. The average Bonchev–Trinajstić information content (AvgIpc) is 2.63. The topological polar surface area (TPSA) is 26.3 Å². The van der Waals surface area contributed by atoms with E-state index in [0.717, 1.165) is 6.42 Å². The van der Waals surface area contributed by atoms with E-state index in [1.54, 1.807) is 19.1 Å². The van der Waals surface area contributed by atoms with E-state index in [1.165, 1.54) is 11.3 Å². The minimum absolute atomic E-state index is 0.00146. The molecular formula is C12H17ClO2S. The van der Waals surface area contributed by atoms with Crippen LogP contribution >= 0.6 is 22.9 Å². The van der Waals surface area contributed by atoms with Crippen LogP contribution in [0.5, 0.6) is 0 Å². The third-order valence-corrected chi connectivity index (χ3v) is 3.78. The summed E-state index contributed by atoms with van der Waals surface area (Å²) in [5, 5.41) is 0. The summed E-state index contributed by atoms with van der Waals surface area (Å²) >= 11 is 7.09. The lowest BCUT2D eigenvalue weighted by atomic mass is 10.1. The van der Waals surface area contributed by atoms with Crippen LogP contribution in [0.3, 0.4) is 0 Å². The minimum atomic E-state index is -0.426. The number of ether oxygens (including phenoxy) is 1.